The first-order valence-electron chi connectivity index (χ1n) is 5.49. The maximum absolute atomic E-state index is 11.7. The molecule has 1 heterocycles. The highest BCUT2D eigenvalue weighted by molar-refractivity contribution is 5.93. The van der Waals surface area contributed by atoms with Crippen LogP contribution in [-0.2, 0) is 11.2 Å². The topological polar surface area (TPSA) is 55.8 Å². The van der Waals surface area contributed by atoms with E-state index in [9.17, 15) is 9.90 Å². The molecule has 0 aromatic heterocycles. The zero-order valence-corrected chi connectivity index (χ0v) is 9.40. The summed E-state index contributed by atoms with van der Waals surface area (Å²) in [6.45, 7) is 0.525. The lowest BCUT2D eigenvalue weighted by Crippen LogP contribution is -2.11. The second-order valence-electron chi connectivity index (χ2n) is 4.21. The van der Waals surface area contributed by atoms with Crippen LogP contribution in [0.2, 0.25) is 0 Å². The normalized spacial score (nSPS) is 19.7. The third-order valence-corrected chi connectivity index (χ3v) is 3.28. The zero-order valence-electron chi connectivity index (χ0n) is 9.40. The quantitative estimate of drug-likeness (QED) is 0.592. The predicted octanol–water partition coefficient (Wildman–Crippen LogP) is 1.77. The van der Waals surface area contributed by atoms with Gasteiger partial charge in [-0.15, -0.1) is 0 Å². The van der Waals surface area contributed by atoms with E-state index in [4.69, 9.17) is 9.47 Å². The maximum Gasteiger partial charge on any atom is 0.338 e. The van der Waals surface area contributed by atoms with Crippen LogP contribution >= 0.6 is 0 Å². The minimum atomic E-state index is -0.418. The monoisotopic (exact) mass is 232 g/mol. The molecular weight excluding hydrogens is 220 g/mol. The third-order valence-electron chi connectivity index (χ3n) is 3.28. The maximum atomic E-state index is 11.7. The molecule has 0 radical (unpaired) electrons. The predicted molar refractivity (Wildman–Crippen MR) is 60.5 cm³/mol. The molecule has 1 aromatic rings. The SMILES string of the molecule is COC(=O)c1cc(O)c2c3c1CC=CC3CO2. The van der Waals surface area contributed by atoms with E-state index in [2.05, 4.69) is 6.08 Å². The van der Waals surface area contributed by atoms with E-state index >= 15 is 0 Å². The van der Waals surface area contributed by atoms with Crippen LogP contribution in [0.5, 0.6) is 11.5 Å². The molecule has 0 saturated heterocycles. The summed E-state index contributed by atoms with van der Waals surface area (Å²) in [5.74, 6) is 0.257. The first-order chi connectivity index (χ1) is 8.22. The lowest BCUT2D eigenvalue weighted by molar-refractivity contribution is 0.0599. The van der Waals surface area contributed by atoms with Crippen LogP contribution in [0, 0.1) is 0 Å². The first kappa shape index (κ1) is 10.2. The molecule has 4 nitrogen and oxygen atoms in total. The Morgan fingerprint density at radius 3 is 3.18 bits per heavy atom. The Hall–Kier alpha value is -1.97. The lowest BCUT2D eigenvalue weighted by atomic mass is 9.86. The molecule has 4 heteroatoms. The van der Waals surface area contributed by atoms with Crippen molar-refractivity contribution in [1.29, 1.82) is 0 Å². The molecule has 88 valence electrons. The molecule has 1 N–H and O–H groups in total. The summed E-state index contributed by atoms with van der Waals surface area (Å²) in [5, 5.41) is 9.86. The number of rotatable bonds is 1. The average molecular weight is 232 g/mol. The van der Waals surface area contributed by atoms with Crippen molar-refractivity contribution in [3.8, 4) is 11.5 Å². The minimum absolute atomic E-state index is 0.0157. The van der Waals surface area contributed by atoms with E-state index < -0.39 is 5.97 Å². The van der Waals surface area contributed by atoms with Gasteiger partial charge in [0.15, 0.2) is 11.5 Å². The number of hydrogen-bond acceptors (Lipinski definition) is 4. The van der Waals surface area contributed by atoms with Crippen molar-refractivity contribution >= 4 is 5.97 Å². The molecule has 0 amide bonds. The van der Waals surface area contributed by atoms with Crippen LogP contribution in [0.15, 0.2) is 18.2 Å². The summed E-state index contributed by atoms with van der Waals surface area (Å²) < 4.78 is 10.2. The van der Waals surface area contributed by atoms with E-state index in [1.54, 1.807) is 0 Å². The number of esters is 1. The molecule has 0 saturated carbocycles. The Morgan fingerprint density at radius 1 is 1.59 bits per heavy atom. The Bertz CT molecular complexity index is 531. The van der Waals surface area contributed by atoms with E-state index in [1.807, 2.05) is 6.08 Å². The lowest BCUT2D eigenvalue weighted by Gasteiger charge is -2.17. The number of carbonyl (C=O) groups excluding carboxylic acids is 1. The number of phenolic OH excluding ortho intramolecular Hbond substituents is 1. The summed E-state index contributed by atoms with van der Waals surface area (Å²) in [5.41, 5.74) is 2.28. The molecule has 0 bridgehead atoms. The standard InChI is InChI=1S/C13H12O4/c1-16-13(15)9-5-10(14)12-11-7(6-17-12)3-2-4-8(9)11/h2-3,5,7,14H,4,6H2,1H3. The van der Waals surface area contributed by atoms with Crippen LogP contribution < -0.4 is 4.74 Å². The highest BCUT2D eigenvalue weighted by Crippen LogP contribution is 2.46. The van der Waals surface area contributed by atoms with Crippen molar-refractivity contribution in [2.45, 2.75) is 12.3 Å². The van der Waals surface area contributed by atoms with Gasteiger partial charge in [0, 0.05) is 11.5 Å². The summed E-state index contributed by atoms with van der Waals surface area (Å²) >= 11 is 0. The molecule has 17 heavy (non-hydrogen) atoms. The molecule has 1 aliphatic heterocycles. The summed E-state index contributed by atoms with van der Waals surface area (Å²) in [6, 6.07) is 1.43. The average Bonchev–Trinajstić information content (AvgIpc) is 2.78. The molecule has 2 aliphatic rings. The van der Waals surface area contributed by atoms with Gasteiger partial charge < -0.3 is 14.6 Å². The Morgan fingerprint density at radius 2 is 2.41 bits per heavy atom. The van der Waals surface area contributed by atoms with Gasteiger partial charge in [0.2, 0.25) is 0 Å². The van der Waals surface area contributed by atoms with Crippen LogP contribution in [0.1, 0.15) is 27.4 Å². The van der Waals surface area contributed by atoms with Gasteiger partial charge >= 0.3 is 5.97 Å². The minimum Gasteiger partial charge on any atom is -0.504 e. The zero-order chi connectivity index (χ0) is 12.0. The number of methoxy groups -OCH3 is 1. The van der Waals surface area contributed by atoms with Crippen molar-refractivity contribution in [2.75, 3.05) is 13.7 Å². The third kappa shape index (κ3) is 1.33. The second kappa shape index (κ2) is 3.52. The van der Waals surface area contributed by atoms with E-state index in [1.165, 1.54) is 13.2 Å². The number of hydrogen-bond donors (Lipinski definition) is 1. The molecule has 1 atom stereocenters. The number of benzene rings is 1. The highest BCUT2D eigenvalue weighted by atomic mass is 16.5. The van der Waals surface area contributed by atoms with Gasteiger partial charge in [-0.1, -0.05) is 12.2 Å². The molecular formula is C13H12O4. The van der Waals surface area contributed by atoms with Gasteiger partial charge in [0.1, 0.15) is 0 Å². The fourth-order valence-corrected chi connectivity index (χ4v) is 2.52. The van der Waals surface area contributed by atoms with Gasteiger partial charge in [0.05, 0.1) is 19.3 Å². The molecule has 1 aliphatic carbocycles. The Balaban J connectivity index is 2.25. The number of carbonyl (C=O) groups is 1. The van der Waals surface area contributed by atoms with Crippen molar-refractivity contribution < 1.29 is 19.4 Å². The Kier molecular flexibility index (Phi) is 2.11. The van der Waals surface area contributed by atoms with Crippen LogP contribution in [0.4, 0.5) is 0 Å². The van der Waals surface area contributed by atoms with Gasteiger partial charge in [0.25, 0.3) is 0 Å². The van der Waals surface area contributed by atoms with Gasteiger partial charge in [-0.3, -0.25) is 0 Å². The molecule has 0 spiro atoms. The van der Waals surface area contributed by atoms with E-state index in [0.29, 0.717) is 24.3 Å². The van der Waals surface area contributed by atoms with Gasteiger partial charge in [-0.2, -0.15) is 0 Å². The number of ether oxygens (including phenoxy) is 2. The highest BCUT2D eigenvalue weighted by Gasteiger charge is 2.33. The van der Waals surface area contributed by atoms with E-state index in [0.717, 1.165) is 11.1 Å². The molecule has 1 aromatic carbocycles. The first-order valence-corrected chi connectivity index (χ1v) is 5.49. The van der Waals surface area contributed by atoms with E-state index in [-0.39, 0.29) is 11.7 Å². The molecule has 3 rings (SSSR count). The molecule has 1 unspecified atom stereocenters. The number of allylic oxidation sites excluding steroid dienone is 1. The fourth-order valence-electron chi connectivity index (χ4n) is 2.52. The van der Waals surface area contributed by atoms with Crippen LogP contribution in [-0.4, -0.2) is 24.8 Å². The number of aromatic hydroxyl groups is 1. The van der Waals surface area contributed by atoms with Crippen molar-refractivity contribution in [2.24, 2.45) is 0 Å². The summed E-state index contributed by atoms with van der Waals surface area (Å²) in [4.78, 5) is 11.7. The summed E-state index contributed by atoms with van der Waals surface area (Å²) in [6.07, 6.45) is 4.75. The second-order valence-corrected chi connectivity index (χ2v) is 4.21. The Labute approximate surface area is 98.5 Å². The number of phenols is 1. The van der Waals surface area contributed by atoms with Gasteiger partial charge in [-0.25, -0.2) is 4.79 Å². The smallest absolute Gasteiger partial charge is 0.338 e. The summed E-state index contributed by atoms with van der Waals surface area (Å²) in [7, 11) is 1.34. The van der Waals surface area contributed by atoms with Crippen molar-refractivity contribution in [3.05, 3.63) is 34.9 Å². The van der Waals surface area contributed by atoms with Crippen LogP contribution in [0.3, 0.4) is 0 Å². The van der Waals surface area contributed by atoms with Gasteiger partial charge in [-0.05, 0) is 18.1 Å². The molecule has 0 fully saturated rings. The van der Waals surface area contributed by atoms with Crippen molar-refractivity contribution in [1.82, 2.24) is 0 Å². The van der Waals surface area contributed by atoms with Crippen LogP contribution in [0.25, 0.3) is 0 Å². The van der Waals surface area contributed by atoms with Crippen molar-refractivity contribution in [3.63, 3.8) is 0 Å². The largest absolute Gasteiger partial charge is 0.504 e. The fraction of sp³-hybridized carbons (Fsp3) is 0.308.